The molecule has 0 aliphatic carbocycles. The zero-order chi connectivity index (χ0) is 16.4. The molecule has 0 aromatic heterocycles. The maximum absolute atomic E-state index is 12.2. The molecular formula is C17H14Cl2N2O2. The second-order valence-electron chi connectivity index (χ2n) is 5.37. The van der Waals surface area contributed by atoms with E-state index >= 15 is 0 Å². The minimum absolute atomic E-state index is 0.0243. The Morgan fingerprint density at radius 2 is 1.83 bits per heavy atom. The molecule has 23 heavy (non-hydrogen) atoms. The van der Waals surface area contributed by atoms with Crippen LogP contribution in [0.2, 0.25) is 10.0 Å². The van der Waals surface area contributed by atoms with Crippen molar-refractivity contribution in [1.29, 1.82) is 0 Å². The molecule has 2 amide bonds. The summed E-state index contributed by atoms with van der Waals surface area (Å²) in [6.07, 6.45) is 0.273. The number of nitrogens with one attached hydrogen (secondary N) is 1. The van der Waals surface area contributed by atoms with Crippen molar-refractivity contribution in [2.75, 3.05) is 11.4 Å². The summed E-state index contributed by atoms with van der Waals surface area (Å²) in [4.78, 5) is 26.0. The van der Waals surface area contributed by atoms with Crippen molar-refractivity contribution in [3.63, 3.8) is 0 Å². The van der Waals surface area contributed by atoms with Crippen molar-refractivity contribution in [2.45, 2.75) is 12.5 Å². The fourth-order valence-electron chi connectivity index (χ4n) is 2.57. The Hall–Kier alpha value is -2.04. The molecule has 1 aliphatic rings. The second kappa shape index (κ2) is 6.60. The molecule has 6 heteroatoms. The lowest BCUT2D eigenvalue weighted by Crippen LogP contribution is -2.37. The predicted octanol–water partition coefficient (Wildman–Crippen LogP) is 3.53. The summed E-state index contributed by atoms with van der Waals surface area (Å²) in [5.41, 5.74) is 1.26. The van der Waals surface area contributed by atoms with Gasteiger partial charge in [-0.3, -0.25) is 9.59 Å². The van der Waals surface area contributed by atoms with Gasteiger partial charge in [0.05, 0.1) is 6.04 Å². The van der Waals surface area contributed by atoms with Crippen LogP contribution in [0.1, 0.15) is 16.8 Å². The summed E-state index contributed by atoms with van der Waals surface area (Å²) < 4.78 is 0. The van der Waals surface area contributed by atoms with Crippen LogP contribution < -0.4 is 10.2 Å². The first-order valence-corrected chi connectivity index (χ1v) is 7.91. The van der Waals surface area contributed by atoms with Gasteiger partial charge >= 0.3 is 0 Å². The molecule has 0 bridgehead atoms. The van der Waals surface area contributed by atoms with Crippen LogP contribution in [0, 0.1) is 0 Å². The minimum atomic E-state index is -0.233. The molecule has 1 atom stereocenters. The molecule has 1 saturated heterocycles. The van der Waals surface area contributed by atoms with Gasteiger partial charge in [0.15, 0.2) is 0 Å². The molecule has 1 aliphatic heterocycles. The van der Waals surface area contributed by atoms with Gasteiger partial charge in [-0.15, -0.1) is 0 Å². The largest absolute Gasteiger partial charge is 0.347 e. The number of carbonyl (C=O) groups is 2. The first-order chi connectivity index (χ1) is 11.0. The van der Waals surface area contributed by atoms with E-state index in [0.717, 1.165) is 5.69 Å². The standard InChI is InChI=1S/C17H14Cl2N2O2/c18-12-4-6-15(7-5-12)21-10-14(9-16(21)22)20-17(23)11-2-1-3-13(19)8-11/h1-8,14H,9-10H2,(H,20,23)/t14-/m0/s1. The zero-order valence-corrected chi connectivity index (χ0v) is 13.6. The number of nitrogens with zero attached hydrogens (tertiary/aromatic N) is 1. The maximum atomic E-state index is 12.2. The molecule has 0 spiro atoms. The molecule has 0 saturated carbocycles. The Morgan fingerprint density at radius 1 is 1.09 bits per heavy atom. The van der Waals surface area contributed by atoms with Crippen molar-refractivity contribution >= 4 is 40.7 Å². The van der Waals surface area contributed by atoms with E-state index in [2.05, 4.69) is 5.32 Å². The zero-order valence-electron chi connectivity index (χ0n) is 12.1. The number of rotatable bonds is 3. The lowest BCUT2D eigenvalue weighted by molar-refractivity contribution is -0.117. The molecule has 1 heterocycles. The highest BCUT2D eigenvalue weighted by Gasteiger charge is 2.31. The van der Waals surface area contributed by atoms with E-state index in [9.17, 15) is 9.59 Å². The lowest BCUT2D eigenvalue weighted by atomic mass is 10.2. The molecule has 4 nitrogen and oxygen atoms in total. The molecule has 0 unspecified atom stereocenters. The van der Waals surface area contributed by atoms with E-state index in [1.807, 2.05) is 0 Å². The Kier molecular flexibility index (Phi) is 4.55. The SMILES string of the molecule is O=C(N[C@H]1CC(=O)N(c2ccc(Cl)cc2)C1)c1cccc(Cl)c1. The summed E-state index contributed by atoms with van der Waals surface area (Å²) in [6.45, 7) is 0.437. The van der Waals surface area contributed by atoms with Gasteiger partial charge in [0.2, 0.25) is 5.91 Å². The number of carbonyl (C=O) groups excluding carboxylic acids is 2. The molecule has 118 valence electrons. The highest BCUT2D eigenvalue weighted by Crippen LogP contribution is 2.23. The van der Waals surface area contributed by atoms with Crippen LogP contribution in [0.3, 0.4) is 0 Å². The van der Waals surface area contributed by atoms with Gasteiger partial charge in [0.1, 0.15) is 0 Å². The number of amides is 2. The van der Waals surface area contributed by atoms with E-state index < -0.39 is 0 Å². The number of anilines is 1. The Labute approximate surface area is 144 Å². The van der Waals surface area contributed by atoms with Gasteiger partial charge in [-0.1, -0.05) is 29.3 Å². The fraction of sp³-hybridized carbons (Fsp3) is 0.176. The van der Waals surface area contributed by atoms with Crippen LogP contribution in [0.5, 0.6) is 0 Å². The topological polar surface area (TPSA) is 49.4 Å². The average Bonchev–Trinajstić information content (AvgIpc) is 2.88. The molecule has 1 fully saturated rings. The highest BCUT2D eigenvalue weighted by atomic mass is 35.5. The van der Waals surface area contributed by atoms with Crippen molar-refractivity contribution in [2.24, 2.45) is 0 Å². The van der Waals surface area contributed by atoms with Gasteiger partial charge in [0, 0.05) is 34.3 Å². The Balaban J connectivity index is 1.68. The molecule has 0 radical (unpaired) electrons. The highest BCUT2D eigenvalue weighted by molar-refractivity contribution is 6.31. The predicted molar refractivity (Wildman–Crippen MR) is 91.1 cm³/mol. The van der Waals surface area contributed by atoms with E-state index in [0.29, 0.717) is 22.2 Å². The van der Waals surface area contributed by atoms with E-state index in [-0.39, 0.29) is 24.3 Å². The normalized spacial score (nSPS) is 17.4. The quantitative estimate of drug-likeness (QED) is 0.922. The van der Waals surface area contributed by atoms with Crippen LogP contribution in [-0.4, -0.2) is 24.4 Å². The van der Waals surface area contributed by atoms with Gasteiger partial charge < -0.3 is 10.2 Å². The van der Waals surface area contributed by atoms with Crippen LogP contribution in [-0.2, 0) is 4.79 Å². The summed E-state index contributed by atoms with van der Waals surface area (Å²) in [5, 5.41) is 4.00. The number of hydrogen-bond donors (Lipinski definition) is 1. The average molecular weight is 349 g/mol. The minimum Gasteiger partial charge on any atom is -0.347 e. The molecule has 2 aromatic carbocycles. The smallest absolute Gasteiger partial charge is 0.251 e. The Morgan fingerprint density at radius 3 is 2.52 bits per heavy atom. The van der Waals surface area contributed by atoms with Gasteiger partial charge in [0.25, 0.3) is 5.91 Å². The van der Waals surface area contributed by atoms with Crippen molar-refractivity contribution in [1.82, 2.24) is 5.32 Å². The third kappa shape index (κ3) is 3.66. The van der Waals surface area contributed by atoms with Crippen LogP contribution in [0.25, 0.3) is 0 Å². The second-order valence-corrected chi connectivity index (χ2v) is 6.24. The summed E-state index contributed by atoms with van der Waals surface area (Å²) in [6, 6.07) is 13.5. The molecular weight excluding hydrogens is 335 g/mol. The van der Waals surface area contributed by atoms with Gasteiger partial charge in [-0.25, -0.2) is 0 Å². The van der Waals surface area contributed by atoms with E-state index in [1.165, 1.54) is 0 Å². The van der Waals surface area contributed by atoms with Crippen LogP contribution >= 0.6 is 23.2 Å². The summed E-state index contributed by atoms with van der Waals surface area (Å²) in [7, 11) is 0. The van der Waals surface area contributed by atoms with Crippen molar-refractivity contribution < 1.29 is 9.59 Å². The number of benzene rings is 2. The van der Waals surface area contributed by atoms with E-state index in [1.54, 1.807) is 53.4 Å². The maximum Gasteiger partial charge on any atom is 0.251 e. The van der Waals surface area contributed by atoms with Crippen LogP contribution in [0.15, 0.2) is 48.5 Å². The Bertz CT molecular complexity index is 747. The van der Waals surface area contributed by atoms with Crippen molar-refractivity contribution in [3.8, 4) is 0 Å². The summed E-state index contributed by atoms with van der Waals surface area (Å²) in [5.74, 6) is -0.257. The molecule has 1 N–H and O–H groups in total. The fourth-order valence-corrected chi connectivity index (χ4v) is 2.89. The number of hydrogen-bond acceptors (Lipinski definition) is 2. The van der Waals surface area contributed by atoms with Gasteiger partial charge in [-0.2, -0.15) is 0 Å². The first kappa shape index (κ1) is 15.8. The third-order valence-electron chi connectivity index (χ3n) is 3.69. The summed E-state index contributed by atoms with van der Waals surface area (Å²) >= 11 is 11.8. The first-order valence-electron chi connectivity index (χ1n) is 7.15. The third-order valence-corrected chi connectivity index (χ3v) is 4.17. The molecule has 3 rings (SSSR count). The lowest BCUT2D eigenvalue weighted by Gasteiger charge is -2.17. The van der Waals surface area contributed by atoms with E-state index in [4.69, 9.17) is 23.2 Å². The van der Waals surface area contributed by atoms with Gasteiger partial charge in [-0.05, 0) is 42.5 Å². The molecule has 2 aromatic rings. The number of halogens is 2. The monoisotopic (exact) mass is 348 g/mol. The van der Waals surface area contributed by atoms with Crippen molar-refractivity contribution in [3.05, 3.63) is 64.1 Å². The van der Waals surface area contributed by atoms with Crippen LogP contribution in [0.4, 0.5) is 5.69 Å².